The van der Waals surface area contributed by atoms with Crippen LogP contribution in [0.2, 0.25) is 0 Å². The number of aromatic amines is 1. The summed E-state index contributed by atoms with van der Waals surface area (Å²) in [6.45, 7) is 8.85. The van der Waals surface area contributed by atoms with Gasteiger partial charge in [-0.05, 0) is 26.7 Å². The number of nitrogens with one attached hydrogen (secondary N) is 1. The lowest BCUT2D eigenvalue weighted by atomic mass is 9.90. The third kappa shape index (κ3) is 2.39. The van der Waals surface area contributed by atoms with Crippen molar-refractivity contribution in [1.29, 1.82) is 0 Å². The molecular weight excluding hydrogens is 282 g/mol. The Morgan fingerprint density at radius 3 is 2.91 bits per heavy atom. The fraction of sp³-hybridized carbons (Fsp3) is 0.667. The van der Waals surface area contributed by atoms with Crippen LogP contribution in [0.25, 0.3) is 11.0 Å². The number of hydrogen-bond acceptors (Lipinski definition) is 6. The number of H-pyrrole nitrogens is 1. The van der Waals surface area contributed by atoms with E-state index < -0.39 is 5.60 Å². The lowest BCUT2D eigenvalue weighted by Gasteiger charge is -2.42. The fourth-order valence-electron chi connectivity index (χ4n) is 3.11. The summed E-state index contributed by atoms with van der Waals surface area (Å²) in [6, 6.07) is 0.224. The first kappa shape index (κ1) is 15.0. The molecule has 2 N–H and O–H groups in total. The number of aromatic nitrogens is 4. The molecule has 2 aromatic heterocycles. The van der Waals surface area contributed by atoms with Gasteiger partial charge in [0.1, 0.15) is 23.6 Å². The molecule has 2 aromatic rings. The zero-order valence-corrected chi connectivity index (χ0v) is 13.6. The summed E-state index contributed by atoms with van der Waals surface area (Å²) in [4.78, 5) is 11.1. The van der Waals surface area contributed by atoms with Gasteiger partial charge in [-0.1, -0.05) is 13.8 Å². The van der Waals surface area contributed by atoms with E-state index in [1.165, 1.54) is 0 Å². The molecule has 0 aliphatic carbocycles. The minimum atomic E-state index is -0.698. The lowest BCUT2D eigenvalue weighted by Crippen LogP contribution is -2.53. The molecule has 2 atom stereocenters. The largest absolute Gasteiger partial charge is 0.474 e. The van der Waals surface area contributed by atoms with Gasteiger partial charge in [-0.2, -0.15) is 0 Å². The smallest absolute Gasteiger partial charge is 0.246 e. The van der Waals surface area contributed by atoms with Crippen molar-refractivity contribution in [2.45, 2.75) is 52.2 Å². The van der Waals surface area contributed by atoms with Crippen LogP contribution in [0.1, 0.15) is 39.4 Å². The van der Waals surface area contributed by atoms with Gasteiger partial charge >= 0.3 is 0 Å². The maximum absolute atomic E-state index is 10.4. The Bertz CT molecular complexity index is 682. The first-order chi connectivity index (χ1) is 10.5. The number of ether oxygens (including phenoxy) is 1. The van der Waals surface area contributed by atoms with Crippen molar-refractivity contribution in [1.82, 2.24) is 20.2 Å². The van der Waals surface area contributed by atoms with Crippen molar-refractivity contribution in [3.05, 3.63) is 5.82 Å². The van der Waals surface area contributed by atoms with Crippen LogP contribution in [-0.2, 0) is 0 Å². The standard InChI is InChI=1S/C13H17N5O2.C2H6/c1-7-14-10-9-11(15-7)18-6-13(2,19)4-3-8(18)5-20-12(9)17-16-10;1-2/h8,19H,3-6H2,1-2H3,(H,14,15,16,17);1-2H3. The number of anilines is 1. The van der Waals surface area contributed by atoms with Crippen LogP contribution in [-0.4, -0.2) is 50.1 Å². The first-order valence-electron chi connectivity index (χ1n) is 7.88. The lowest BCUT2D eigenvalue weighted by molar-refractivity contribution is 0.0321. The number of nitrogens with zero attached hydrogens (tertiary/aromatic N) is 4. The van der Waals surface area contributed by atoms with Gasteiger partial charge in [0.05, 0.1) is 11.6 Å². The van der Waals surface area contributed by atoms with Crippen molar-refractivity contribution < 1.29 is 9.84 Å². The summed E-state index contributed by atoms with van der Waals surface area (Å²) in [7, 11) is 0. The van der Waals surface area contributed by atoms with Gasteiger partial charge in [0.25, 0.3) is 0 Å². The van der Waals surface area contributed by atoms with Gasteiger partial charge in [0, 0.05) is 6.54 Å². The van der Waals surface area contributed by atoms with E-state index in [-0.39, 0.29) is 6.04 Å². The summed E-state index contributed by atoms with van der Waals surface area (Å²) >= 11 is 0. The highest BCUT2D eigenvalue weighted by atomic mass is 16.5. The summed E-state index contributed by atoms with van der Waals surface area (Å²) in [5.74, 6) is 2.07. The Hall–Kier alpha value is -1.89. The number of aryl methyl sites for hydroxylation is 1. The van der Waals surface area contributed by atoms with Crippen LogP contribution in [0, 0.1) is 6.92 Å². The van der Waals surface area contributed by atoms with Crippen molar-refractivity contribution in [2.75, 3.05) is 18.1 Å². The van der Waals surface area contributed by atoms with E-state index >= 15 is 0 Å². The zero-order valence-electron chi connectivity index (χ0n) is 13.6. The molecule has 0 amide bonds. The second-order valence-corrected chi connectivity index (χ2v) is 5.98. The normalized spacial score (nSPS) is 26.6. The number of rotatable bonds is 0. The number of piperidine rings is 1. The number of hydrogen-bond donors (Lipinski definition) is 2. The zero-order chi connectivity index (χ0) is 15.9. The van der Waals surface area contributed by atoms with Gasteiger partial charge in [-0.3, -0.25) is 5.10 Å². The van der Waals surface area contributed by atoms with E-state index in [1.807, 2.05) is 27.7 Å². The molecule has 0 spiro atoms. The second-order valence-electron chi connectivity index (χ2n) is 5.98. The Balaban J connectivity index is 0.000000693. The maximum Gasteiger partial charge on any atom is 0.246 e. The molecule has 120 valence electrons. The molecule has 7 heteroatoms. The van der Waals surface area contributed by atoms with Crippen LogP contribution in [0.5, 0.6) is 5.88 Å². The van der Waals surface area contributed by atoms with E-state index in [2.05, 4.69) is 25.1 Å². The molecule has 2 aliphatic heterocycles. The third-order valence-corrected chi connectivity index (χ3v) is 4.13. The van der Waals surface area contributed by atoms with E-state index in [1.54, 1.807) is 0 Å². The topological polar surface area (TPSA) is 87.2 Å². The molecule has 0 aromatic carbocycles. The Labute approximate surface area is 129 Å². The van der Waals surface area contributed by atoms with Gasteiger partial charge in [0.2, 0.25) is 5.88 Å². The summed E-state index contributed by atoms with van der Waals surface area (Å²) in [5.41, 5.74) is -0.0102. The Morgan fingerprint density at radius 1 is 1.36 bits per heavy atom. The highest BCUT2D eigenvalue weighted by Crippen LogP contribution is 2.38. The maximum atomic E-state index is 10.4. The Morgan fingerprint density at radius 2 is 2.14 bits per heavy atom. The van der Waals surface area contributed by atoms with Crippen molar-refractivity contribution in [2.24, 2.45) is 0 Å². The minimum Gasteiger partial charge on any atom is -0.474 e. The molecule has 2 aliphatic rings. The highest BCUT2D eigenvalue weighted by Gasteiger charge is 2.39. The quantitative estimate of drug-likeness (QED) is 0.772. The third-order valence-electron chi connectivity index (χ3n) is 4.13. The van der Waals surface area contributed by atoms with Gasteiger partial charge in [-0.15, -0.1) is 5.10 Å². The Kier molecular flexibility index (Phi) is 3.68. The molecule has 1 fully saturated rings. The molecule has 1 saturated heterocycles. The monoisotopic (exact) mass is 305 g/mol. The molecule has 4 heterocycles. The average molecular weight is 305 g/mol. The van der Waals surface area contributed by atoms with Crippen molar-refractivity contribution in [3.63, 3.8) is 0 Å². The summed E-state index contributed by atoms with van der Waals surface area (Å²) in [5, 5.41) is 18.3. The highest BCUT2D eigenvalue weighted by molar-refractivity contribution is 5.92. The van der Waals surface area contributed by atoms with Crippen LogP contribution in [0.15, 0.2) is 0 Å². The summed E-state index contributed by atoms with van der Waals surface area (Å²) in [6.07, 6.45) is 1.65. The minimum absolute atomic E-state index is 0.224. The molecule has 4 rings (SSSR count). The average Bonchev–Trinajstić information content (AvgIpc) is 2.82. The van der Waals surface area contributed by atoms with E-state index in [0.717, 1.165) is 24.0 Å². The van der Waals surface area contributed by atoms with Gasteiger partial charge in [-0.25, -0.2) is 9.97 Å². The van der Waals surface area contributed by atoms with E-state index in [9.17, 15) is 5.11 Å². The SMILES string of the molecule is CC.Cc1nc2c3c(n[nH]c3n1)OCC1CCC(C)(O)CN21. The van der Waals surface area contributed by atoms with Crippen molar-refractivity contribution in [3.8, 4) is 5.88 Å². The predicted molar refractivity (Wildman–Crippen MR) is 84.3 cm³/mol. The molecule has 0 saturated carbocycles. The number of fused-ring (bicyclic) bond motifs is 2. The summed E-state index contributed by atoms with van der Waals surface area (Å²) < 4.78 is 5.79. The molecule has 22 heavy (non-hydrogen) atoms. The fourth-order valence-corrected chi connectivity index (χ4v) is 3.11. The first-order valence-corrected chi connectivity index (χ1v) is 7.88. The van der Waals surface area contributed by atoms with E-state index in [0.29, 0.717) is 30.5 Å². The van der Waals surface area contributed by atoms with Crippen LogP contribution < -0.4 is 9.64 Å². The van der Waals surface area contributed by atoms with Crippen LogP contribution in [0.3, 0.4) is 0 Å². The second kappa shape index (κ2) is 5.39. The molecule has 7 nitrogen and oxygen atoms in total. The predicted octanol–water partition coefficient (Wildman–Crippen LogP) is 1.80. The van der Waals surface area contributed by atoms with E-state index in [4.69, 9.17) is 4.74 Å². The molecule has 2 unspecified atom stereocenters. The molecular formula is C15H23N5O2. The van der Waals surface area contributed by atoms with Crippen molar-refractivity contribution >= 4 is 16.9 Å². The molecule has 0 bridgehead atoms. The van der Waals surface area contributed by atoms with Gasteiger partial charge < -0.3 is 14.7 Å². The van der Waals surface area contributed by atoms with Crippen LogP contribution >= 0.6 is 0 Å². The van der Waals surface area contributed by atoms with Gasteiger partial charge in [0.15, 0.2) is 5.65 Å². The molecule has 0 radical (unpaired) electrons. The van der Waals surface area contributed by atoms with Crippen LogP contribution in [0.4, 0.5) is 5.82 Å². The number of aliphatic hydroxyl groups is 1.